The molecule has 0 amide bonds. The summed E-state index contributed by atoms with van der Waals surface area (Å²) < 4.78 is 13.1. The predicted octanol–water partition coefficient (Wildman–Crippen LogP) is 0.442. The zero-order chi connectivity index (χ0) is 11.3. The van der Waals surface area contributed by atoms with E-state index in [0.717, 1.165) is 11.8 Å². The molecule has 0 heterocycles. The Morgan fingerprint density at radius 2 is 2.20 bits per heavy atom. The molecule has 0 aliphatic carbocycles. The molecule has 0 fully saturated rings. The number of rotatable bonds is 3. The highest BCUT2D eigenvalue weighted by Gasteiger charge is 2.06. The molecule has 0 bridgehead atoms. The first kappa shape index (κ1) is 11.3. The molecule has 1 rings (SSSR count). The Morgan fingerprint density at radius 3 is 2.73 bits per heavy atom. The van der Waals surface area contributed by atoms with Gasteiger partial charge in [0, 0.05) is 10.3 Å². The van der Waals surface area contributed by atoms with Crippen LogP contribution < -0.4 is 11.1 Å². The lowest BCUT2D eigenvalue weighted by Crippen LogP contribution is -2.46. The van der Waals surface area contributed by atoms with E-state index in [1.54, 1.807) is 18.2 Å². The van der Waals surface area contributed by atoms with Crippen LogP contribution in [0.1, 0.15) is 0 Å². The van der Waals surface area contributed by atoms with E-state index in [1.807, 2.05) is 6.07 Å². The number of amidine groups is 1. The number of benzene rings is 1. The average Bonchev–Trinajstić information content (AvgIpc) is 2.21. The van der Waals surface area contributed by atoms with Gasteiger partial charge in [0.1, 0.15) is 17.5 Å². The Morgan fingerprint density at radius 1 is 1.53 bits per heavy atom. The molecule has 0 saturated carbocycles. The van der Waals surface area contributed by atoms with Gasteiger partial charge in [0.15, 0.2) is 0 Å². The lowest BCUT2D eigenvalue weighted by molar-refractivity contribution is -0.114. The molecule has 0 atom stereocenters. The highest BCUT2D eigenvalue weighted by Crippen LogP contribution is 2.23. The van der Waals surface area contributed by atoms with Gasteiger partial charge in [-0.15, -0.1) is 0 Å². The normalized spacial score (nSPS) is 10.8. The number of hydrogen-bond acceptors (Lipinski definition) is 2. The maximum absolute atomic E-state index is 13.1. The van der Waals surface area contributed by atoms with E-state index in [4.69, 9.17) is 16.4 Å². The Balaban J connectivity index is 2.85. The van der Waals surface area contributed by atoms with E-state index in [-0.39, 0.29) is 17.2 Å². The third-order valence-corrected chi connectivity index (χ3v) is 2.51. The molecular formula is C10H9FN3S+. The van der Waals surface area contributed by atoms with Crippen molar-refractivity contribution in [1.29, 1.82) is 5.26 Å². The van der Waals surface area contributed by atoms with Crippen molar-refractivity contribution in [1.82, 2.24) is 0 Å². The number of halogens is 1. The minimum Gasteiger partial charge on any atom is -0.286 e. The van der Waals surface area contributed by atoms with Crippen LogP contribution in [-0.2, 0) is 0 Å². The van der Waals surface area contributed by atoms with Crippen LogP contribution in [-0.4, -0.2) is 5.84 Å². The summed E-state index contributed by atoms with van der Waals surface area (Å²) in [6.45, 7) is 0. The van der Waals surface area contributed by atoms with Crippen molar-refractivity contribution >= 4 is 17.6 Å². The first-order chi connectivity index (χ1) is 7.15. The second kappa shape index (κ2) is 5.17. The zero-order valence-corrected chi connectivity index (χ0v) is 8.59. The van der Waals surface area contributed by atoms with Gasteiger partial charge >= 0.3 is 0 Å². The molecule has 0 aliphatic rings. The lowest BCUT2D eigenvalue weighted by atomic mass is 10.3. The van der Waals surface area contributed by atoms with Gasteiger partial charge in [-0.05, 0) is 12.1 Å². The van der Waals surface area contributed by atoms with E-state index < -0.39 is 0 Å². The number of hydrogen-bond donors (Lipinski definition) is 2. The Bertz CT molecular complexity index is 448. The van der Waals surface area contributed by atoms with Crippen molar-refractivity contribution in [2.45, 2.75) is 4.90 Å². The summed E-state index contributed by atoms with van der Waals surface area (Å²) in [7, 11) is 0. The first-order valence-corrected chi connectivity index (χ1v) is 4.93. The number of nitrogens with zero attached hydrogens (tertiary/aromatic N) is 1. The van der Waals surface area contributed by atoms with Crippen molar-refractivity contribution in [3.63, 3.8) is 0 Å². The molecule has 0 aliphatic heterocycles. The number of nitrogens with two attached hydrogens (primary N) is 2. The molecule has 0 aromatic heterocycles. The van der Waals surface area contributed by atoms with Gasteiger partial charge in [-0.1, -0.05) is 23.9 Å². The number of thioether (sulfide) groups is 1. The summed E-state index contributed by atoms with van der Waals surface area (Å²) in [5, 5.41) is 15.3. The molecule has 0 radical (unpaired) electrons. The Kier molecular flexibility index (Phi) is 3.89. The van der Waals surface area contributed by atoms with Gasteiger partial charge in [0.05, 0.1) is 0 Å². The highest BCUT2D eigenvalue weighted by atomic mass is 32.2. The highest BCUT2D eigenvalue weighted by molar-refractivity contribution is 8.02. The van der Waals surface area contributed by atoms with Crippen LogP contribution in [0.3, 0.4) is 0 Å². The summed E-state index contributed by atoms with van der Waals surface area (Å²) in [6, 6.07) is 8.08. The van der Waals surface area contributed by atoms with Gasteiger partial charge in [-0.3, -0.25) is 11.1 Å². The van der Waals surface area contributed by atoms with Crippen molar-refractivity contribution in [3.05, 3.63) is 41.1 Å². The third-order valence-electron chi connectivity index (χ3n) is 1.57. The monoisotopic (exact) mass is 222 g/mol. The van der Waals surface area contributed by atoms with Crippen molar-refractivity contribution < 1.29 is 9.80 Å². The van der Waals surface area contributed by atoms with E-state index in [2.05, 4.69) is 0 Å². The third kappa shape index (κ3) is 3.11. The molecule has 1 aromatic carbocycles. The van der Waals surface area contributed by atoms with E-state index >= 15 is 0 Å². The second-order valence-electron chi connectivity index (χ2n) is 2.65. The zero-order valence-electron chi connectivity index (χ0n) is 7.77. The second-order valence-corrected chi connectivity index (χ2v) is 3.56. The van der Waals surface area contributed by atoms with Crippen LogP contribution in [0, 0.1) is 17.1 Å². The molecule has 76 valence electrons. The molecule has 15 heavy (non-hydrogen) atoms. The largest absolute Gasteiger partial charge is 0.286 e. The van der Waals surface area contributed by atoms with Gasteiger partial charge in [0.2, 0.25) is 0 Å². The van der Waals surface area contributed by atoms with E-state index in [0.29, 0.717) is 4.90 Å². The minimum absolute atomic E-state index is 0.0682. The maximum atomic E-state index is 13.1. The van der Waals surface area contributed by atoms with Crippen molar-refractivity contribution in [3.8, 4) is 6.07 Å². The SMILES string of the molecule is N#C/C(=C/Sc1ccccc1F)C(N)=[NH2+]. The standard InChI is InChI=1S/C10H8FN3S/c11-8-3-1-2-4-9(8)15-6-7(5-12)10(13)14/h1-4,6H,(H3,13,14)/p+1/b7-6-. The molecule has 0 unspecified atom stereocenters. The molecule has 3 nitrogen and oxygen atoms in total. The molecule has 0 saturated heterocycles. The van der Waals surface area contributed by atoms with Crippen LogP contribution in [0.4, 0.5) is 4.39 Å². The van der Waals surface area contributed by atoms with Crippen molar-refractivity contribution in [2.75, 3.05) is 0 Å². The Hall–Kier alpha value is -1.80. The molecule has 1 aromatic rings. The first-order valence-electron chi connectivity index (χ1n) is 4.05. The minimum atomic E-state index is -0.341. The molecule has 4 N–H and O–H groups in total. The van der Waals surface area contributed by atoms with Gasteiger partial charge < -0.3 is 0 Å². The Labute approximate surface area is 90.9 Å². The van der Waals surface area contributed by atoms with E-state index in [1.165, 1.54) is 11.5 Å². The number of nitriles is 1. The topological polar surface area (TPSA) is 75.4 Å². The van der Waals surface area contributed by atoms with Gasteiger partial charge in [0.25, 0.3) is 5.84 Å². The van der Waals surface area contributed by atoms with E-state index in [9.17, 15) is 4.39 Å². The van der Waals surface area contributed by atoms with Crippen LogP contribution >= 0.6 is 11.8 Å². The van der Waals surface area contributed by atoms with Crippen LogP contribution in [0.15, 0.2) is 40.1 Å². The fourth-order valence-electron chi connectivity index (χ4n) is 0.822. The summed E-state index contributed by atoms with van der Waals surface area (Å²) >= 11 is 1.07. The van der Waals surface area contributed by atoms with Gasteiger partial charge in [-0.25, -0.2) is 4.39 Å². The fraction of sp³-hybridized carbons (Fsp3) is 0. The summed E-state index contributed by atoms with van der Waals surface area (Å²) in [4.78, 5) is 0.423. The molecule has 5 heteroatoms. The van der Waals surface area contributed by atoms with Crippen LogP contribution in [0.25, 0.3) is 0 Å². The van der Waals surface area contributed by atoms with Crippen LogP contribution in [0.2, 0.25) is 0 Å². The van der Waals surface area contributed by atoms with Crippen LogP contribution in [0.5, 0.6) is 0 Å². The molecule has 0 spiro atoms. The van der Waals surface area contributed by atoms with Crippen molar-refractivity contribution in [2.24, 2.45) is 5.73 Å². The summed E-state index contributed by atoms with van der Waals surface area (Å²) in [5.74, 6) is -0.409. The predicted molar refractivity (Wildman–Crippen MR) is 57.1 cm³/mol. The summed E-state index contributed by atoms with van der Waals surface area (Å²) in [5.41, 5.74) is 5.39. The maximum Gasteiger partial charge on any atom is 0.282 e. The fourth-order valence-corrected chi connectivity index (χ4v) is 1.59. The quantitative estimate of drug-likeness (QED) is 0.337. The van der Waals surface area contributed by atoms with Gasteiger partial charge in [-0.2, -0.15) is 5.26 Å². The summed E-state index contributed by atoms with van der Waals surface area (Å²) in [6.07, 6.45) is 0. The average molecular weight is 222 g/mol. The lowest BCUT2D eigenvalue weighted by Gasteiger charge is -1.97. The smallest absolute Gasteiger partial charge is 0.282 e. The molecular weight excluding hydrogens is 213 g/mol.